The van der Waals surface area contributed by atoms with E-state index in [1.165, 1.54) is 12.2 Å². The molecule has 196 valence electrons. The van der Waals surface area contributed by atoms with Crippen LogP contribution in [-0.2, 0) is 4.79 Å². The van der Waals surface area contributed by atoms with Gasteiger partial charge in [-0.3, -0.25) is 9.59 Å². The summed E-state index contributed by atoms with van der Waals surface area (Å²) in [5, 5.41) is 19.1. The van der Waals surface area contributed by atoms with Gasteiger partial charge in [0.25, 0.3) is 5.91 Å². The molecule has 0 saturated heterocycles. The number of H-pyrrole nitrogens is 1. The number of benzene rings is 2. The van der Waals surface area contributed by atoms with Crippen LogP contribution in [0.2, 0.25) is 5.02 Å². The average Bonchev–Trinajstić information content (AvgIpc) is 3.34. The van der Waals surface area contributed by atoms with Crippen LogP contribution in [0.25, 0.3) is 22.2 Å². The molecule has 2 amide bonds. The van der Waals surface area contributed by atoms with Crippen molar-refractivity contribution >= 4 is 46.0 Å². The lowest BCUT2D eigenvalue weighted by molar-refractivity contribution is -0.111. The van der Waals surface area contributed by atoms with Crippen molar-refractivity contribution in [1.82, 2.24) is 20.3 Å². The van der Waals surface area contributed by atoms with Gasteiger partial charge in [0.1, 0.15) is 0 Å². The molecule has 0 atom stereocenters. The number of aliphatic hydroxyl groups excluding tert-OH is 1. The molecular weight excluding hydrogens is 504 g/mol. The number of anilines is 2. The van der Waals surface area contributed by atoms with E-state index >= 15 is 0 Å². The smallest absolute Gasteiger partial charge is 0.251 e. The number of carbonyl (C=O) groups excluding carboxylic acids is 2. The lowest BCUT2D eigenvalue weighted by Gasteiger charge is -2.25. The number of halogens is 1. The Labute approximate surface area is 225 Å². The Morgan fingerprint density at radius 3 is 2.63 bits per heavy atom. The highest BCUT2D eigenvalue weighted by Crippen LogP contribution is 2.32. The van der Waals surface area contributed by atoms with Crippen molar-refractivity contribution in [3.05, 3.63) is 83.7 Å². The van der Waals surface area contributed by atoms with Gasteiger partial charge in [0.15, 0.2) is 0 Å². The summed E-state index contributed by atoms with van der Waals surface area (Å²) in [4.78, 5) is 36.6. The average molecular weight is 533 g/mol. The third-order valence-electron chi connectivity index (χ3n) is 5.83. The van der Waals surface area contributed by atoms with Crippen LogP contribution in [0.1, 0.15) is 24.2 Å². The minimum absolute atomic E-state index is 0.211. The van der Waals surface area contributed by atoms with Crippen LogP contribution >= 0.6 is 11.6 Å². The second kappa shape index (κ2) is 11.9. The molecule has 10 heteroatoms. The van der Waals surface area contributed by atoms with Crippen molar-refractivity contribution in [2.24, 2.45) is 5.41 Å². The Hall–Kier alpha value is -4.21. The lowest BCUT2D eigenvalue weighted by atomic mass is 9.93. The van der Waals surface area contributed by atoms with Crippen molar-refractivity contribution in [3.63, 3.8) is 0 Å². The molecule has 0 aliphatic rings. The first-order chi connectivity index (χ1) is 18.3. The summed E-state index contributed by atoms with van der Waals surface area (Å²) in [6, 6.07) is 14.5. The highest BCUT2D eigenvalue weighted by molar-refractivity contribution is 6.33. The van der Waals surface area contributed by atoms with Crippen LogP contribution in [0, 0.1) is 5.41 Å². The second-order valence-electron chi connectivity index (χ2n) is 9.49. The van der Waals surface area contributed by atoms with E-state index in [1.807, 2.05) is 44.3 Å². The monoisotopic (exact) mass is 532 g/mol. The summed E-state index contributed by atoms with van der Waals surface area (Å²) in [7, 11) is 0. The molecule has 4 aromatic rings. The fraction of sp³-hybridized carbons (Fsp3) is 0.214. The SMILES string of the molecule is CC(C)(CNC(=O)c1ccc(NC(=O)C=CCO)cc1)CNc1ncc(Cl)c(-c2c[nH]c3ccccc23)n1. The summed E-state index contributed by atoms with van der Waals surface area (Å²) < 4.78 is 0. The van der Waals surface area contributed by atoms with Crippen LogP contribution in [0.4, 0.5) is 11.6 Å². The molecule has 9 nitrogen and oxygen atoms in total. The molecule has 2 aromatic carbocycles. The van der Waals surface area contributed by atoms with Crippen molar-refractivity contribution in [1.29, 1.82) is 0 Å². The summed E-state index contributed by atoms with van der Waals surface area (Å²) >= 11 is 6.43. The zero-order valence-corrected chi connectivity index (χ0v) is 21.8. The molecule has 0 fully saturated rings. The maximum absolute atomic E-state index is 12.7. The van der Waals surface area contributed by atoms with Gasteiger partial charge in [0.05, 0.1) is 23.5 Å². The number of aliphatic hydroxyl groups is 1. The number of para-hydroxylation sites is 1. The van der Waals surface area contributed by atoms with Crippen LogP contribution in [0.15, 0.2) is 73.1 Å². The van der Waals surface area contributed by atoms with Crippen LogP contribution in [0.3, 0.4) is 0 Å². The summed E-state index contributed by atoms with van der Waals surface area (Å²) in [6.45, 7) is 4.75. The number of carbonyl (C=O) groups is 2. The maximum atomic E-state index is 12.7. The number of rotatable bonds is 10. The van der Waals surface area contributed by atoms with Crippen molar-refractivity contribution in [2.45, 2.75) is 13.8 Å². The first kappa shape index (κ1) is 26.8. The molecule has 0 spiro atoms. The lowest BCUT2D eigenvalue weighted by Crippen LogP contribution is -2.38. The molecule has 0 bridgehead atoms. The number of amides is 2. The molecule has 4 rings (SSSR count). The van der Waals surface area contributed by atoms with Gasteiger partial charge in [-0.05, 0) is 35.7 Å². The van der Waals surface area contributed by atoms with Crippen molar-refractivity contribution in [3.8, 4) is 11.3 Å². The summed E-state index contributed by atoms with van der Waals surface area (Å²) in [5.74, 6) is -0.134. The van der Waals surface area contributed by atoms with E-state index in [2.05, 4.69) is 30.9 Å². The van der Waals surface area contributed by atoms with Gasteiger partial charge in [-0.25, -0.2) is 9.97 Å². The fourth-order valence-corrected chi connectivity index (χ4v) is 3.95. The summed E-state index contributed by atoms with van der Waals surface area (Å²) in [5.41, 5.74) is 3.24. The number of hydrogen-bond acceptors (Lipinski definition) is 6. The number of aromatic amines is 1. The molecule has 38 heavy (non-hydrogen) atoms. The maximum Gasteiger partial charge on any atom is 0.251 e. The quantitative estimate of drug-likeness (QED) is 0.189. The van der Waals surface area contributed by atoms with E-state index in [4.69, 9.17) is 16.7 Å². The van der Waals surface area contributed by atoms with Crippen LogP contribution in [0.5, 0.6) is 0 Å². The first-order valence-corrected chi connectivity index (χ1v) is 12.4. The standard InChI is InChI=1S/C28H29ClN6O3/c1-28(2,16-32-26(38)18-9-11-19(12-10-18)34-24(37)8-5-13-36)17-33-27-31-15-22(29)25(35-27)21-14-30-23-7-4-3-6-20(21)23/h3-12,14-15,30,36H,13,16-17H2,1-2H3,(H,32,38)(H,34,37)(H,31,33,35). The zero-order chi connectivity index (χ0) is 27.1. The third-order valence-corrected chi connectivity index (χ3v) is 6.11. The third kappa shape index (κ3) is 6.76. The molecular formula is C28H29ClN6O3. The predicted molar refractivity (Wildman–Crippen MR) is 150 cm³/mol. The Morgan fingerprint density at radius 2 is 1.87 bits per heavy atom. The number of nitrogens with one attached hydrogen (secondary N) is 4. The van der Waals surface area contributed by atoms with E-state index in [0.29, 0.717) is 41.0 Å². The Kier molecular flexibility index (Phi) is 8.40. The molecule has 0 unspecified atom stereocenters. The molecule has 2 heterocycles. The normalized spacial score (nSPS) is 11.6. The van der Waals surface area contributed by atoms with Crippen LogP contribution < -0.4 is 16.0 Å². The predicted octanol–water partition coefficient (Wildman–Crippen LogP) is 4.63. The minimum Gasteiger partial charge on any atom is -0.392 e. The van der Waals surface area contributed by atoms with E-state index in [1.54, 1.807) is 30.5 Å². The van der Waals surface area contributed by atoms with Crippen molar-refractivity contribution in [2.75, 3.05) is 30.3 Å². The van der Waals surface area contributed by atoms with Crippen LogP contribution in [-0.4, -0.2) is 51.6 Å². The van der Waals surface area contributed by atoms with E-state index in [-0.39, 0.29) is 23.8 Å². The zero-order valence-electron chi connectivity index (χ0n) is 21.1. The first-order valence-electron chi connectivity index (χ1n) is 12.1. The molecule has 0 aliphatic heterocycles. The number of nitrogens with zero attached hydrogens (tertiary/aromatic N) is 2. The van der Waals surface area contributed by atoms with Gasteiger partial charge in [-0.2, -0.15) is 0 Å². The van der Waals surface area contributed by atoms with Gasteiger partial charge in [-0.15, -0.1) is 0 Å². The van der Waals surface area contributed by atoms with Gasteiger partial charge in [-0.1, -0.05) is 49.7 Å². The van der Waals surface area contributed by atoms with Gasteiger partial charge < -0.3 is 26.0 Å². The largest absolute Gasteiger partial charge is 0.392 e. The highest BCUT2D eigenvalue weighted by Gasteiger charge is 2.21. The molecule has 0 saturated carbocycles. The number of aromatic nitrogens is 3. The van der Waals surface area contributed by atoms with Gasteiger partial charge >= 0.3 is 0 Å². The van der Waals surface area contributed by atoms with E-state index < -0.39 is 0 Å². The minimum atomic E-state index is -0.358. The fourth-order valence-electron chi connectivity index (χ4n) is 3.76. The van der Waals surface area contributed by atoms with Crippen molar-refractivity contribution < 1.29 is 14.7 Å². The molecule has 0 aliphatic carbocycles. The van der Waals surface area contributed by atoms with Gasteiger partial charge in [0.2, 0.25) is 11.9 Å². The van der Waals surface area contributed by atoms with E-state index in [0.717, 1.165) is 16.5 Å². The Balaban J connectivity index is 1.33. The Bertz CT molecular complexity index is 1460. The topological polar surface area (TPSA) is 132 Å². The summed E-state index contributed by atoms with van der Waals surface area (Å²) in [6.07, 6.45) is 6.05. The Morgan fingerprint density at radius 1 is 1.11 bits per heavy atom. The molecule has 2 aromatic heterocycles. The van der Waals surface area contributed by atoms with Gasteiger partial charge in [0, 0.05) is 53.1 Å². The molecule has 0 radical (unpaired) electrons. The number of hydrogen-bond donors (Lipinski definition) is 5. The number of fused-ring (bicyclic) bond motifs is 1. The van der Waals surface area contributed by atoms with E-state index in [9.17, 15) is 9.59 Å². The molecule has 5 N–H and O–H groups in total. The highest BCUT2D eigenvalue weighted by atomic mass is 35.5. The second-order valence-corrected chi connectivity index (χ2v) is 9.90.